The summed E-state index contributed by atoms with van der Waals surface area (Å²) in [6, 6.07) is 9.10. The zero-order chi connectivity index (χ0) is 30.8. The maximum atomic E-state index is 14.5. The van der Waals surface area contributed by atoms with Crippen LogP contribution in [0.1, 0.15) is 125 Å². The highest BCUT2D eigenvalue weighted by Gasteiger charge is 2.61. The Hall–Kier alpha value is -0.910. The van der Waals surface area contributed by atoms with Gasteiger partial charge in [-0.15, -0.1) is 0 Å². The number of aliphatic hydroxyl groups excluding tert-OH is 1. The molecule has 1 aromatic rings. The van der Waals surface area contributed by atoms with E-state index in [0.717, 1.165) is 50.4 Å². The molecule has 5 fully saturated rings. The first-order valence-corrected chi connectivity index (χ1v) is 19.5. The van der Waals surface area contributed by atoms with Gasteiger partial charge in [0.05, 0.1) is 21.9 Å². The highest BCUT2D eigenvalue weighted by atomic mass is 32.2. The molecule has 10 atom stereocenters. The molecule has 4 nitrogen and oxygen atoms in total. The van der Waals surface area contributed by atoms with Crippen molar-refractivity contribution < 1.29 is 18.6 Å². The SMILES string of the molecule is CC(C)C1CCC(O)(CC([C@@H](C)C2CCC3C4CCC5CC(O)CCC5(C)C4CCC32C)S(=O)(=O)c2ccccc2)CC1. The van der Waals surface area contributed by atoms with E-state index < -0.39 is 20.7 Å². The third kappa shape index (κ3) is 5.58. The molecule has 5 aliphatic rings. The average molecular weight is 613 g/mol. The Morgan fingerprint density at radius 3 is 2.14 bits per heavy atom. The number of hydrogen-bond acceptors (Lipinski definition) is 4. The van der Waals surface area contributed by atoms with Gasteiger partial charge in [0.2, 0.25) is 0 Å². The molecule has 0 bridgehead atoms. The van der Waals surface area contributed by atoms with Crippen molar-refractivity contribution in [1.82, 2.24) is 0 Å². The van der Waals surface area contributed by atoms with Gasteiger partial charge < -0.3 is 10.2 Å². The molecule has 5 heteroatoms. The van der Waals surface area contributed by atoms with Gasteiger partial charge in [0.25, 0.3) is 0 Å². The van der Waals surface area contributed by atoms with Gasteiger partial charge in [-0.05, 0) is 160 Å². The van der Waals surface area contributed by atoms with Crippen molar-refractivity contribution in [3.05, 3.63) is 30.3 Å². The van der Waals surface area contributed by atoms with Crippen molar-refractivity contribution in [2.45, 2.75) is 146 Å². The fourth-order valence-corrected chi connectivity index (χ4v) is 14.4. The third-order valence-corrected chi connectivity index (χ3v) is 17.2. The molecule has 0 heterocycles. The topological polar surface area (TPSA) is 74.6 Å². The summed E-state index contributed by atoms with van der Waals surface area (Å²) in [7, 11) is -3.61. The lowest BCUT2D eigenvalue weighted by molar-refractivity contribution is -0.129. The summed E-state index contributed by atoms with van der Waals surface area (Å²) < 4.78 is 29.0. The number of rotatable bonds is 7. The molecule has 2 N–H and O–H groups in total. The Morgan fingerprint density at radius 1 is 0.814 bits per heavy atom. The van der Waals surface area contributed by atoms with Gasteiger partial charge >= 0.3 is 0 Å². The Balaban J connectivity index is 1.27. The maximum Gasteiger partial charge on any atom is 0.181 e. The van der Waals surface area contributed by atoms with Gasteiger partial charge in [-0.1, -0.05) is 52.8 Å². The lowest BCUT2D eigenvalue weighted by atomic mass is 9.44. The minimum absolute atomic E-state index is 0.000330. The lowest BCUT2D eigenvalue weighted by Crippen LogP contribution is -2.54. The van der Waals surface area contributed by atoms with E-state index in [1.807, 2.05) is 18.2 Å². The molecular weight excluding hydrogens is 552 g/mol. The van der Waals surface area contributed by atoms with Crippen LogP contribution in [0, 0.1) is 58.2 Å². The van der Waals surface area contributed by atoms with E-state index in [1.54, 1.807) is 12.1 Å². The fraction of sp³-hybridized carbons (Fsp3) is 0.842. The summed E-state index contributed by atoms with van der Waals surface area (Å²) in [5.74, 6) is 4.37. The van der Waals surface area contributed by atoms with E-state index in [9.17, 15) is 18.6 Å². The lowest BCUT2D eigenvalue weighted by Gasteiger charge is -2.61. The van der Waals surface area contributed by atoms with Gasteiger partial charge in [0, 0.05) is 0 Å². The number of sulfone groups is 1. The fourth-order valence-electron chi connectivity index (χ4n) is 12.2. The van der Waals surface area contributed by atoms with Gasteiger partial charge in [0.1, 0.15) is 0 Å². The third-order valence-electron chi connectivity index (χ3n) is 14.9. The molecule has 0 aromatic heterocycles. The van der Waals surface area contributed by atoms with E-state index in [4.69, 9.17) is 0 Å². The molecular formula is C38H60O4S. The van der Waals surface area contributed by atoms with Crippen LogP contribution in [0.4, 0.5) is 0 Å². The smallest absolute Gasteiger partial charge is 0.181 e. The van der Waals surface area contributed by atoms with Crippen molar-refractivity contribution in [3.8, 4) is 0 Å². The maximum absolute atomic E-state index is 14.5. The normalized spacial score (nSPS) is 44.7. The van der Waals surface area contributed by atoms with Crippen LogP contribution in [-0.4, -0.2) is 35.6 Å². The van der Waals surface area contributed by atoms with Crippen molar-refractivity contribution in [3.63, 3.8) is 0 Å². The molecule has 5 saturated carbocycles. The van der Waals surface area contributed by atoms with Gasteiger partial charge in [-0.2, -0.15) is 0 Å². The van der Waals surface area contributed by atoms with Gasteiger partial charge in [-0.25, -0.2) is 8.42 Å². The molecule has 0 radical (unpaired) electrons. The first-order valence-electron chi connectivity index (χ1n) is 18.0. The number of hydrogen-bond donors (Lipinski definition) is 2. The van der Waals surface area contributed by atoms with Crippen LogP contribution >= 0.6 is 0 Å². The van der Waals surface area contributed by atoms with E-state index in [1.165, 1.54) is 32.1 Å². The monoisotopic (exact) mass is 612 g/mol. The van der Waals surface area contributed by atoms with Crippen molar-refractivity contribution in [2.75, 3.05) is 0 Å². The van der Waals surface area contributed by atoms with Crippen LogP contribution < -0.4 is 0 Å². The largest absolute Gasteiger partial charge is 0.393 e. The zero-order valence-corrected chi connectivity index (χ0v) is 28.5. The highest BCUT2D eigenvalue weighted by molar-refractivity contribution is 7.92. The predicted molar refractivity (Wildman–Crippen MR) is 174 cm³/mol. The molecule has 242 valence electrons. The second-order valence-corrected chi connectivity index (χ2v) is 19.2. The zero-order valence-electron chi connectivity index (χ0n) is 27.7. The summed E-state index contributed by atoms with van der Waals surface area (Å²) in [4.78, 5) is 0.417. The quantitative estimate of drug-likeness (QED) is 0.324. The summed E-state index contributed by atoms with van der Waals surface area (Å²) in [5, 5.41) is 21.9. The van der Waals surface area contributed by atoms with E-state index >= 15 is 0 Å². The molecule has 6 rings (SSSR count). The van der Waals surface area contributed by atoms with Gasteiger partial charge in [0.15, 0.2) is 9.84 Å². The minimum atomic E-state index is -3.61. The molecule has 1 aromatic carbocycles. The summed E-state index contributed by atoms with van der Waals surface area (Å²) >= 11 is 0. The van der Waals surface area contributed by atoms with Crippen LogP contribution in [-0.2, 0) is 9.84 Å². The van der Waals surface area contributed by atoms with E-state index in [2.05, 4.69) is 34.6 Å². The second-order valence-electron chi connectivity index (χ2n) is 17.1. The first-order chi connectivity index (χ1) is 20.3. The minimum Gasteiger partial charge on any atom is -0.393 e. The number of fused-ring (bicyclic) bond motifs is 5. The Kier molecular flexibility index (Phi) is 8.73. The molecule has 43 heavy (non-hydrogen) atoms. The van der Waals surface area contributed by atoms with Crippen LogP contribution in [0.25, 0.3) is 0 Å². The van der Waals surface area contributed by atoms with Crippen LogP contribution in [0.15, 0.2) is 35.2 Å². The molecule has 0 saturated heterocycles. The van der Waals surface area contributed by atoms with Crippen LogP contribution in [0.5, 0.6) is 0 Å². The second kappa shape index (κ2) is 11.7. The molecule has 5 aliphatic carbocycles. The summed E-state index contributed by atoms with van der Waals surface area (Å²) in [5.41, 5.74) is -0.397. The van der Waals surface area contributed by atoms with Crippen molar-refractivity contribution in [1.29, 1.82) is 0 Å². The average Bonchev–Trinajstić information content (AvgIpc) is 3.34. The predicted octanol–water partition coefficient (Wildman–Crippen LogP) is 8.45. The van der Waals surface area contributed by atoms with Crippen molar-refractivity contribution in [2.24, 2.45) is 58.2 Å². The standard InChI is InChI=1S/C38H60O4S/c1-25(2)27-15-21-38(40,22-16-27)24-35(43(41,42)30-9-7-6-8-10-30)26(3)32-13-14-33-31-12-11-28-23-29(39)17-19-36(28,4)34(31)18-20-37(32,33)5/h6-10,25-29,31-35,39-40H,11-24H2,1-5H3/t26-,27?,28?,29?,31?,32?,33?,34?,35?,36?,37?,38?/m0/s1. The number of benzene rings is 1. The van der Waals surface area contributed by atoms with E-state index in [-0.39, 0.29) is 17.4 Å². The summed E-state index contributed by atoms with van der Waals surface area (Å²) in [6.45, 7) is 11.9. The first kappa shape index (κ1) is 32.0. The van der Waals surface area contributed by atoms with Crippen molar-refractivity contribution >= 4 is 9.84 Å². The van der Waals surface area contributed by atoms with Crippen LogP contribution in [0.2, 0.25) is 0 Å². The van der Waals surface area contributed by atoms with Gasteiger partial charge in [-0.3, -0.25) is 0 Å². The van der Waals surface area contributed by atoms with E-state index in [0.29, 0.717) is 59.2 Å². The molecule has 9 unspecified atom stereocenters. The Bertz CT molecular complexity index is 1220. The highest BCUT2D eigenvalue weighted by Crippen LogP contribution is 2.68. The molecule has 0 spiro atoms. The Labute approximate surface area is 262 Å². The molecule has 0 amide bonds. The Morgan fingerprint density at radius 2 is 1.47 bits per heavy atom. The van der Waals surface area contributed by atoms with Crippen LogP contribution in [0.3, 0.4) is 0 Å². The summed E-state index contributed by atoms with van der Waals surface area (Å²) in [6.07, 6.45) is 14.1. The number of aliphatic hydroxyl groups is 2. The molecule has 0 aliphatic heterocycles.